The molecule has 2 aliphatic heterocycles. The number of carbonyl (C=O) groups excluding carboxylic acids is 3. The first-order valence-electron chi connectivity index (χ1n) is 12.7. The van der Waals surface area contributed by atoms with Gasteiger partial charge in [-0.25, -0.2) is 13.2 Å². The molecule has 4 amide bonds. The Labute approximate surface area is 230 Å². The van der Waals surface area contributed by atoms with Gasteiger partial charge < -0.3 is 11.1 Å². The molecule has 10 nitrogen and oxygen atoms in total. The molecular formula is C27H29N5O5S2. The Hall–Kier alpha value is -3.58. The molecule has 4 N–H and O–H groups in total. The zero-order chi connectivity index (χ0) is 27.6. The zero-order valence-electron chi connectivity index (χ0n) is 21.2. The number of nitrogens with one attached hydrogen (secondary N) is 2. The normalized spacial score (nSPS) is 16.0. The molecule has 5 rings (SSSR count). The number of rotatable bonds is 7. The highest BCUT2D eigenvalue weighted by Gasteiger charge is 2.30. The number of fused-ring (bicyclic) bond motifs is 1. The molecule has 1 saturated heterocycles. The second kappa shape index (κ2) is 11.3. The summed E-state index contributed by atoms with van der Waals surface area (Å²) in [6.07, 6.45) is 2.24. The van der Waals surface area contributed by atoms with Gasteiger partial charge in [0.1, 0.15) is 5.00 Å². The maximum Gasteiger partial charge on any atom is 0.319 e. The lowest BCUT2D eigenvalue weighted by Gasteiger charge is -2.27. The van der Waals surface area contributed by atoms with Crippen molar-refractivity contribution in [3.8, 4) is 0 Å². The fourth-order valence-electron chi connectivity index (χ4n) is 4.97. The number of amides is 4. The molecule has 1 fully saturated rings. The van der Waals surface area contributed by atoms with Gasteiger partial charge in [-0.15, -0.1) is 11.3 Å². The maximum absolute atomic E-state index is 13.1. The van der Waals surface area contributed by atoms with E-state index in [0.717, 1.165) is 29.8 Å². The van der Waals surface area contributed by atoms with Crippen LogP contribution in [-0.2, 0) is 29.5 Å². The molecule has 3 aromatic rings. The van der Waals surface area contributed by atoms with E-state index in [2.05, 4.69) is 27.7 Å². The smallest absolute Gasteiger partial charge is 0.319 e. The van der Waals surface area contributed by atoms with Crippen molar-refractivity contribution in [3.05, 3.63) is 81.7 Å². The van der Waals surface area contributed by atoms with Crippen LogP contribution in [0.3, 0.4) is 0 Å². The van der Waals surface area contributed by atoms with Crippen LogP contribution in [0.2, 0.25) is 0 Å². The molecule has 2 aliphatic rings. The summed E-state index contributed by atoms with van der Waals surface area (Å²) in [4.78, 5) is 40.8. The van der Waals surface area contributed by atoms with E-state index in [-0.39, 0.29) is 16.0 Å². The van der Waals surface area contributed by atoms with E-state index in [4.69, 9.17) is 5.73 Å². The zero-order valence-corrected chi connectivity index (χ0v) is 22.8. The summed E-state index contributed by atoms with van der Waals surface area (Å²) in [6.45, 7) is 3.02. The number of thiophene rings is 1. The minimum absolute atomic E-state index is 0.132. The van der Waals surface area contributed by atoms with Crippen molar-refractivity contribution >= 4 is 44.2 Å². The molecule has 0 atom stereocenters. The lowest BCUT2D eigenvalue weighted by molar-refractivity contribution is 0.0965. The summed E-state index contributed by atoms with van der Waals surface area (Å²) in [5, 5.41) is 5.24. The van der Waals surface area contributed by atoms with Gasteiger partial charge in [0.25, 0.3) is 11.8 Å². The Morgan fingerprint density at radius 1 is 0.923 bits per heavy atom. The molecule has 3 heterocycles. The molecule has 0 bridgehead atoms. The first kappa shape index (κ1) is 27.0. The van der Waals surface area contributed by atoms with Crippen LogP contribution in [0.15, 0.2) is 59.5 Å². The van der Waals surface area contributed by atoms with Crippen LogP contribution in [-0.4, -0.2) is 55.1 Å². The van der Waals surface area contributed by atoms with Crippen molar-refractivity contribution < 1.29 is 22.8 Å². The van der Waals surface area contributed by atoms with Gasteiger partial charge in [0.2, 0.25) is 10.0 Å². The number of primary amides is 1. The van der Waals surface area contributed by atoms with E-state index in [1.165, 1.54) is 45.5 Å². The van der Waals surface area contributed by atoms with Crippen LogP contribution in [0.1, 0.15) is 49.6 Å². The van der Waals surface area contributed by atoms with E-state index < -0.39 is 27.9 Å². The van der Waals surface area contributed by atoms with Gasteiger partial charge in [-0.2, -0.15) is 4.31 Å². The molecule has 0 aliphatic carbocycles. The topological polar surface area (TPSA) is 142 Å². The minimum atomic E-state index is -3.60. The number of hydrogen-bond acceptors (Lipinski definition) is 7. The lowest BCUT2D eigenvalue weighted by Crippen LogP contribution is -2.36. The second-order valence-electron chi connectivity index (χ2n) is 9.56. The molecule has 0 radical (unpaired) electrons. The number of nitrogens with zero attached hydrogens (tertiary/aromatic N) is 2. The first-order valence-corrected chi connectivity index (χ1v) is 14.9. The number of carbonyl (C=O) groups is 3. The van der Waals surface area contributed by atoms with Gasteiger partial charge in [-0.1, -0.05) is 30.3 Å². The highest BCUT2D eigenvalue weighted by Crippen LogP contribution is 2.38. The van der Waals surface area contributed by atoms with E-state index in [0.29, 0.717) is 37.6 Å². The Balaban J connectivity index is 1.37. The number of urea groups is 1. The molecular weight excluding hydrogens is 538 g/mol. The Morgan fingerprint density at radius 2 is 1.62 bits per heavy atom. The van der Waals surface area contributed by atoms with Gasteiger partial charge in [0, 0.05) is 43.2 Å². The molecule has 0 spiro atoms. The van der Waals surface area contributed by atoms with Gasteiger partial charge in [0.15, 0.2) is 0 Å². The monoisotopic (exact) mass is 567 g/mol. The van der Waals surface area contributed by atoms with Gasteiger partial charge >= 0.3 is 6.03 Å². The summed E-state index contributed by atoms with van der Waals surface area (Å²) in [5.74, 6) is -1.16. The highest BCUT2D eigenvalue weighted by molar-refractivity contribution is 7.89. The number of imide groups is 1. The third-order valence-electron chi connectivity index (χ3n) is 6.90. The first-order chi connectivity index (χ1) is 18.7. The third-order valence-corrected chi connectivity index (χ3v) is 9.94. The Morgan fingerprint density at radius 3 is 2.28 bits per heavy atom. The van der Waals surface area contributed by atoms with Crippen molar-refractivity contribution in [2.24, 2.45) is 5.73 Å². The van der Waals surface area contributed by atoms with Crippen LogP contribution >= 0.6 is 11.3 Å². The van der Waals surface area contributed by atoms with Crippen LogP contribution in [0.5, 0.6) is 0 Å². The molecule has 0 unspecified atom stereocenters. The summed E-state index contributed by atoms with van der Waals surface area (Å²) < 4.78 is 27.1. The van der Waals surface area contributed by atoms with Crippen molar-refractivity contribution in [3.63, 3.8) is 0 Å². The van der Waals surface area contributed by atoms with Gasteiger partial charge in [-0.3, -0.25) is 19.8 Å². The summed E-state index contributed by atoms with van der Waals surface area (Å²) in [5.41, 5.74) is 7.64. The average molecular weight is 568 g/mol. The number of anilines is 1. The van der Waals surface area contributed by atoms with Gasteiger partial charge in [0.05, 0.1) is 10.5 Å². The van der Waals surface area contributed by atoms with Crippen molar-refractivity contribution in [1.82, 2.24) is 14.5 Å². The fourth-order valence-corrected chi connectivity index (χ4v) is 7.77. The molecule has 204 valence electrons. The SMILES string of the molecule is NC(=O)NC(=O)c1c(NC(=O)c2ccc(S(=O)(=O)N3CCCC3)cc2)sc2c1CCN(Cc1ccccc1)C2. The maximum atomic E-state index is 13.1. The Kier molecular flexibility index (Phi) is 7.80. The number of hydrogen-bond donors (Lipinski definition) is 3. The largest absolute Gasteiger partial charge is 0.351 e. The predicted octanol–water partition coefficient (Wildman–Crippen LogP) is 3.15. The standard InChI is InChI=1S/C27H29N5O5S2/c28-27(35)30-25(34)23-21-12-15-31(16-18-6-2-1-3-7-18)17-22(21)38-26(23)29-24(33)19-8-10-20(11-9-19)39(36,37)32-13-4-5-14-32/h1-3,6-11H,4-5,12-17H2,(H,29,33)(H3,28,30,34,35). The van der Waals surface area contributed by atoms with Gasteiger partial charge in [-0.05, 0) is 54.7 Å². The quantitative estimate of drug-likeness (QED) is 0.400. The van der Waals surface area contributed by atoms with Crippen molar-refractivity contribution in [2.75, 3.05) is 25.0 Å². The number of nitrogens with two attached hydrogens (primary N) is 1. The number of sulfonamides is 1. The average Bonchev–Trinajstić information content (AvgIpc) is 3.57. The summed E-state index contributed by atoms with van der Waals surface area (Å²) >= 11 is 1.29. The van der Waals surface area contributed by atoms with Crippen LogP contribution in [0, 0.1) is 0 Å². The highest BCUT2D eigenvalue weighted by atomic mass is 32.2. The van der Waals surface area contributed by atoms with E-state index in [9.17, 15) is 22.8 Å². The fraction of sp³-hybridized carbons (Fsp3) is 0.296. The van der Waals surface area contributed by atoms with E-state index >= 15 is 0 Å². The second-order valence-corrected chi connectivity index (χ2v) is 12.6. The van der Waals surface area contributed by atoms with Crippen molar-refractivity contribution in [2.45, 2.75) is 37.2 Å². The number of benzene rings is 2. The van der Waals surface area contributed by atoms with E-state index in [1.54, 1.807) is 0 Å². The van der Waals surface area contributed by atoms with Crippen LogP contribution in [0.4, 0.5) is 9.80 Å². The van der Waals surface area contributed by atoms with E-state index in [1.807, 2.05) is 18.2 Å². The lowest BCUT2D eigenvalue weighted by atomic mass is 10.0. The minimum Gasteiger partial charge on any atom is -0.351 e. The summed E-state index contributed by atoms with van der Waals surface area (Å²) in [6, 6.07) is 14.8. The predicted molar refractivity (Wildman–Crippen MR) is 148 cm³/mol. The molecule has 1 aromatic heterocycles. The molecule has 0 saturated carbocycles. The van der Waals surface area contributed by atoms with Crippen molar-refractivity contribution in [1.29, 1.82) is 0 Å². The Bertz CT molecular complexity index is 1500. The molecule has 39 heavy (non-hydrogen) atoms. The molecule has 2 aromatic carbocycles. The summed E-state index contributed by atoms with van der Waals surface area (Å²) in [7, 11) is -3.60. The molecule has 12 heteroatoms. The van der Waals surface area contributed by atoms with Crippen LogP contribution < -0.4 is 16.4 Å². The third kappa shape index (κ3) is 5.88. The van der Waals surface area contributed by atoms with Crippen LogP contribution in [0.25, 0.3) is 0 Å².